The fourth-order valence-electron chi connectivity index (χ4n) is 2.38. The summed E-state index contributed by atoms with van der Waals surface area (Å²) in [6, 6.07) is 16.2. The van der Waals surface area contributed by atoms with Crippen LogP contribution in [0, 0.1) is 13.8 Å². The van der Waals surface area contributed by atoms with Crippen molar-refractivity contribution in [1.29, 1.82) is 0 Å². The van der Waals surface area contributed by atoms with Crippen LogP contribution in [-0.2, 0) is 4.79 Å². The van der Waals surface area contributed by atoms with E-state index in [2.05, 4.69) is 24.4 Å². The van der Waals surface area contributed by atoms with Crippen LogP contribution in [0.15, 0.2) is 48.5 Å². The standard InChI is InChI=1S/C20H25NO2/c1-14-10-11-15(2)19(12-14)23-17(4)20(22)21-13-16(3)18-8-6-5-7-9-18/h5-12,16-17H,13H2,1-4H3,(H,21,22)/t16-,17-/m0/s1. The van der Waals surface area contributed by atoms with Crippen molar-refractivity contribution in [3.8, 4) is 5.75 Å². The molecule has 0 heterocycles. The summed E-state index contributed by atoms with van der Waals surface area (Å²) in [6.45, 7) is 8.48. The third-order valence-corrected chi connectivity index (χ3v) is 3.97. The molecule has 23 heavy (non-hydrogen) atoms. The van der Waals surface area contributed by atoms with Gasteiger partial charge in [-0.25, -0.2) is 0 Å². The maximum atomic E-state index is 12.2. The van der Waals surface area contributed by atoms with Gasteiger partial charge >= 0.3 is 0 Å². The van der Waals surface area contributed by atoms with Crippen LogP contribution in [-0.4, -0.2) is 18.6 Å². The third-order valence-electron chi connectivity index (χ3n) is 3.97. The Kier molecular flexibility index (Phi) is 5.80. The van der Waals surface area contributed by atoms with Gasteiger partial charge in [-0.15, -0.1) is 0 Å². The Balaban J connectivity index is 1.89. The summed E-state index contributed by atoms with van der Waals surface area (Å²) in [5.74, 6) is 0.950. The Morgan fingerprint density at radius 2 is 1.78 bits per heavy atom. The van der Waals surface area contributed by atoms with E-state index >= 15 is 0 Å². The van der Waals surface area contributed by atoms with Crippen molar-refractivity contribution in [2.75, 3.05) is 6.54 Å². The Morgan fingerprint density at radius 3 is 2.48 bits per heavy atom. The van der Waals surface area contributed by atoms with Crippen LogP contribution in [0.2, 0.25) is 0 Å². The summed E-state index contributed by atoms with van der Waals surface area (Å²) >= 11 is 0. The number of aryl methyl sites for hydroxylation is 2. The molecule has 2 atom stereocenters. The van der Waals surface area contributed by atoms with Gasteiger partial charge in [0.1, 0.15) is 5.75 Å². The van der Waals surface area contributed by atoms with Crippen LogP contribution < -0.4 is 10.1 Å². The largest absolute Gasteiger partial charge is 0.481 e. The third kappa shape index (κ3) is 4.85. The highest BCUT2D eigenvalue weighted by Gasteiger charge is 2.16. The maximum absolute atomic E-state index is 12.2. The van der Waals surface area contributed by atoms with E-state index in [1.54, 1.807) is 6.92 Å². The van der Waals surface area contributed by atoms with Gasteiger partial charge in [-0.2, -0.15) is 0 Å². The van der Waals surface area contributed by atoms with E-state index in [0.29, 0.717) is 6.54 Å². The molecule has 0 fully saturated rings. The molecule has 0 spiro atoms. The Hall–Kier alpha value is -2.29. The molecule has 3 heteroatoms. The Morgan fingerprint density at radius 1 is 1.09 bits per heavy atom. The zero-order valence-electron chi connectivity index (χ0n) is 14.3. The number of nitrogens with one attached hydrogen (secondary N) is 1. The molecule has 0 bridgehead atoms. The lowest BCUT2D eigenvalue weighted by Crippen LogP contribution is -2.38. The molecule has 0 aliphatic rings. The van der Waals surface area contributed by atoms with Gasteiger partial charge < -0.3 is 10.1 Å². The highest BCUT2D eigenvalue weighted by Crippen LogP contribution is 2.20. The minimum atomic E-state index is -0.515. The molecule has 0 saturated carbocycles. The van der Waals surface area contributed by atoms with Crippen molar-refractivity contribution < 1.29 is 9.53 Å². The van der Waals surface area contributed by atoms with Gasteiger partial charge in [-0.05, 0) is 49.4 Å². The first kappa shape index (κ1) is 17.1. The van der Waals surface area contributed by atoms with Gasteiger partial charge in [0.05, 0.1) is 0 Å². The minimum Gasteiger partial charge on any atom is -0.481 e. The quantitative estimate of drug-likeness (QED) is 0.876. The first-order chi connectivity index (χ1) is 11.0. The monoisotopic (exact) mass is 311 g/mol. The van der Waals surface area contributed by atoms with E-state index in [9.17, 15) is 4.79 Å². The fraction of sp³-hybridized carbons (Fsp3) is 0.350. The lowest BCUT2D eigenvalue weighted by molar-refractivity contribution is -0.127. The van der Waals surface area contributed by atoms with Gasteiger partial charge in [-0.3, -0.25) is 4.79 Å². The van der Waals surface area contributed by atoms with Gasteiger partial charge in [-0.1, -0.05) is 49.4 Å². The van der Waals surface area contributed by atoms with E-state index < -0.39 is 6.10 Å². The lowest BCUT2D eigenvalue weighted by atomic mass is 10.0. The van der Waals surface area contributed by atoms with Crippen LogP contribution in [0.25, 0.3) is 0 Å². The van der Waals surface area contributed by atoms with Crippen LogP contribution >= 0.6 is 0 Å². The average molecular weight is 311 g/mol. The van der Waals surface area contributed by atoms with Crippen LogP contribution in [0.5, 0.6) is 5.75 Å². The smallest absolute Gasteiger partial charge is 0.260 e. The molecular weight excluding hydrogens is 286 g/mol. The van der Waals surface area contributed by atoms with Crippen LogP contribution in [0.4, 0.5) is 0 Å². The lowest BCUT2D eigenvalue weighted by Gasteiger charge is -2.18. The first-order valence-corrected chi connectivity index (χ1v) is 8.04. The second-order valence-corrected chi connectivity index (χ2v) is 6.09. The topological polar surface area (TPSA) is 38.3 Å². The molecule has 0 aliphatic carbocycles. The van der Waals surface area contributed by atoms with Crippen molar-refractivity contribution >= 4 is 5.91 Å². The summed E-state index contributed by atoms with van der Waals surface area (Å²) in [5, 5.41) is 2.97. The van der Waals surface area contributed by atoms with Gasteiger partial charge in [0, 0.05) is 6.54 Å². The summed E-state index contributed by atoms with van der Waals surface area (Å²) in [4.78, 5) is 12.2. The molecule has 2 aromatic rings. The molecule has 1 N–H and O–H groups in total. The zero-order chi connectivity index (χ0) is 16.8. The van der Waals surface area contributed by atoms with Gasteiger partial charge in [0.25, 0.3) is 5.91 Å². The van der Waals surface area contributed by atoms with E-state index in [1.165, 1.54) is 5.56 Å². The summed E-state index contributed by atoms with van der Waals surface area (Å²) in [7, 11) is 0. The number of amides is 1. The highest BCUT2D eigenvalue weighted by molar-refractivity contribution is 5.80. The average Bonchev–Trinajstić information content (AvgIpc) is 2.56. The van der Waals surface area contributed by atoms with E-state index in [4.69, 9.17) is 4.74 Å². The molecule has 2 rings (SSSR count). The molecule has 0 aromatic heterocycles. The molecule has 2 aromatic carbocycles. The predicted molar refractivity (Wildman–Crippen MR) is 93.9 cm³/mol. The zero-order valence-corrected chi connectivity index (χ0v) is 14.3. The molecule has 1 amide bonds. The predicted octanol–water partition coefficient (Wildman–Crippen LogP) is 3.99. The number of carbonyl (C=O) groups excluding carboxylic acids is 1. The van der Waals surface area contributed by atoms with Crippen molar-refractivity contribution in [2.24, 2.45) is 0 Å². The Labute approximate surface area is 138 Å². The van der Waals surface area contributed by atoms with Gasteiger partial charge in [0.2, 0.25) is 0 Å². The molecule has 0 aliphatic heterocycles. The highest BCUT2D eigenvalue weighted by atomic mass is 16.5. The minimum absolute atomic E-state index is 0.0892. The van der Waals surface area contributed by atoms with Crippen molar-refractivity contribution in [3.63, 3.8) is 0 Å². The molecule has 0 unspecified atom stereocenters. The fourth-order valence-corrected chi connectivity index (χ4v) is 2.38. The number of rotatable bonds is 6. The van der Waals surface area contributed by atoms with Crippen LogP contribution in [0.1, 0.15) is 36.5 Å². The maximum Gasteiger partial charge on any atom is 0.260 e. The number of ether oxygens (including phenoxy) is 1. The van der Waals surface area contributed by atoms with Gasteiger partial charge in [0.15, 0.2) is 6.10 Å². The summed E-state index contributed by atoms with van der Waals surface area (Å²) in [6.07, 6.45) is -0.515. The van der Waals surface area contributed by atoms with Crippen LogP contribution in [0.3, 0.4) is 0 Å². The van der Waals surface area contributed by atoms with Crippen molar-refractivity contribution in [1.82, 2.24) is 5.32 Å². The molecule has 0 saturated heterocycles. The second-order valence-electron chi connectivity index (χ2n) is 6.09. The number of hydrogen-bond acceptors (Lipinski definition) is 2. The van der Waals surface area contributed by atoms with E-state index in [-0.39, 0.29) is 11.8 Å². The summed E-state index contributed by atoms with van der Waals surface area (Å²) in [5.41, 5.74) is 3.37. The van der Waals surface area contributed by atoms with E-state index in [0.717, 1.165) is 16.9 Å². The number of hydrogen-bond donors (Lipinski definition) is 1. The number of benzene rings is 2. The second kappa shape index (κ2) is 7.82. The molecule has 122 valence electrons. The number of carbonyl (C=O) groups is 1. The van der Waals surface area contributed by atoms with Crippen molar-refractivity contribution in [3.05, 3.63) is 65.2 Å². The van der Waals surface area contributed by atoms with Crippen molar-refractivity contribution in [2.45, 2.75) is 39.7 Å². The SMILES string of the molecule is Cc1ccc(C)c(O[C@@H](C)C(=O)NC[C@H](C)c2ccccc2)c1. The van der Waals surface area contributed by atoms with E-state index in [1.807, 2.05) is 50.2 Å². The molecule has 0 radical (unpaired) electrons. The molecule has 3 nitrogen and oxygen atoms in total. The Bertz CT molecular complexity index is 652. The molecular formula is C20H25NO2. The normalized spacial score (nSPS) is 13.2. The first-order valence-electron chi connectivity index (χ1n) is 8.04. The summed E-state index contributed by atoms with van der Waals surface area (Å²) < 4.78 is 5.81.